The summed E-state index contributed by atoms with van der Waals surface area (Å²) in [6.07, 6.45) is 1.72. The second-order valence-corrected chi connectivity index (χ2v) is 6.29. The number of hydrogen-bond donors (Lipinski definition) is 0. The smallest absolute Gasteiger partial charge is 0.224 e. The maximum Gasteiger partial charge on any atom is 0.224 e. The monoisotopic (exact) mass is 316 g/mol. The highest BCUT2D eigenvalue weighted by atomic mass is 35.5. The molecule has 1 aromatic carbocycles. The van der Waals surface area contributed by atoms with Crippen LogP contribution in [-0.4, -0.2) is 41.0 Å². The summed E-state index contributed by atoms with van der Waals surface area (Å²) in [5.41, 5.74) is 1.37. The Morgan fingerprint density at radius 3 is 2.73 bits per heavy atom. The third-order valence-electron chi connectivity index (χ3n) is 3.97. The molecule has 1 fully saturated rings. The van der Waals surface area contributed by atoms with Crippen molar-refractivity contribution in [3.8, 4) is 0 Å². The molecule has 1 saturated heterocycles. The number of benzene rings is 1. The zero-order valence-corrected chi connectivity index (χ0v) is 13.6. The van der Waals surface area contributed by atoms with Crippen LogP contribution in [0.15, 0.2) is 42.6 Å². The van der Waals surface area contributed by atoms with Gasteiger partial charge in [0, 0.05) is 38.9 Å². The largest absolute Gasteiger partial charge is 0.355 e. The van der Waals surface area contributed by atoms with Crippen LogP contribution >= 0.6 is 11.6 Å². The Kier molecular flexibility index (Phi) is 4.90. The van der Waals surface area contributed by atoms with E-state index in [-0.39, 0.29) is 0 Å². The van der Waals surface area contributed by atoms with E-state index in [9.17, 15) is 0 Å². The highest BCUT2D eigenvalue weighted by molar-refractivity contribution is 6.28. The summed E-state index contributed by atoms with van der Waals surface area (Å²) < 4.78 is 0. The lowest BCUT2D eigenvalue weighted by molar-refractivity contribution is 0.257. The number of aromatic nitrogens is 2. The summed E-state index contributed by atoms with van der Waals surface area (Å²) in [4.78, 5) is 13.1. The van der Waals surface area contributed by atoms with Crippen molar-refractivity contribution in [3.05, 3.63) is 53.4 Å². The third kappa shape index (κ3) is 3.96. The fourth-order valence-corrected chi connectivity index (χ4v) is 3.16. The molecular weight excluding hydrogens is 296 g/mol. The minimum Gasteiger partial charge on any atom is -0.355 e. The van der Waals surface area contributed by atoms with E-state index < -0.39 is 0 Å². The molecular formula is C17H21ClN4. The van der Waals surface area contributed by atoms with Crippen molar-refractivity contribution in [2.75, 3.05) is 31.1 Å². The fourth-order valence-electron chi connectivity index (χ4n) is 3.01. The van der Waals surface area contributed by atoms with Crippen molar-refractivity contribution in [1.82, 2.24) is 14.9 Å². The first kappa shape index (κ1) is 15.3. The molecule has 1 aliphatic heterocycles. The number of hydrogen-bond acceptors (Lipinski definition) is 4. The molecule has 1 atom stereocenters. The summed E-state index contributed by atoms with van der Waals surface area (Å²) in [5.74, 6) is 1.51. The van der Waals surface area contributed by atoms with Crippen LogP contribution < -0.4 is 4.90 Å². The van der Waals surface area contributed by atoms with Gasteiger partial charge in [0.15, 0.2) is 0 Å². The fraction of sp³-hybridized carbons (Fsp3) is 0.412. The molecule has 2 heterocycles. The van der Waals surface area contributed by atoms with E-state index in [4.69, 9.17) is 11.6 Å². The van der Waals surface area contributed by atoms with Gasteiger partial charge in [0.1, 0.15) is 5.82 Å². The zero-order valence-electron chi connectivity index (χ0n) is 12.8. The van der Waals surface area contributed by atoms with Crippen LogP contribution in [0.1, 0.15) is 12.5 Å². The Morgan fingerprint density at radius 2 is 1.95 bits per heavy atom. The molecule has 0 amide bonds. The SMILES string of the molecule is CC1CN(Cc2ccccc2)CCN(c2ccnc(Cl)n2)C1. The van der Waals surface area contributed by atoms with Crippen LogP contribution in [0.3, 0.4) is 0 Å². The molecule has 0 spiro atoms. The van der Waals surface area contributed by atoms with Gasteiger partial charge in [-0.05, 0) is 29.1 Å². The number of rotatable bonds is 3. The van der Waals surface area contributed by atoms with Crippen LogP contribution in [0.4, 0.5) is 5.82 Å². The van der Waals surface area contributed by atoms with E-state index in [1.54, 1.807) is 6.20 Å². The number of halogens is 1. The van der Waals surface area contributed by atoms with Gasteiger partial charge in [-0.1, -0.05) is 37.3 Å². The maximum atomic E-state index is 5.92. The topological polar surface area (TPSA) is 32.3 Å². The van der Waals surface area contributed by atoms with Crippen LogP contribution in [0, 0.1) is 5.92 Å². The third-order valence-corrected chi connectivity index (χ3v) is 4.15. The molecule has 0 radical (unpaired) electrons. The summed E-state index contributed by atoms with van der Waals surface area (Å²) in [5, 5.41) is 0.315. The molecule has 0 aliphatic carbocycles. The van der Waals surface area contributed by atoms with E-state index in [0.717, 1.165) is 38.5 Å². The van der Waals surface area contributed by atoms with E-state index in [2.05, 4.69) is 57.0 Å². The summed E-state index contributed by atoms with van der Waals surface area (Å²) in [7, 11) is 0. The zero-order chi connectivity index (χ0) is 15.4. The van der Waals surface area contributed by atoms with Crippen molar-refractivity contribution >= 4 is 17.4 Å². The summed E-state index contributed by atoms with van der Waals surface area (Å²) in [6.45, 7) is 7.39. The van der Waals surface area contributed by atoms with Gasteiger partial charge in [0.05, 0.1) is 0 Å². The van der Waals surface area contributed by atoms with E-state index >= 15 is 0 Å². The van der Waals surface area contributed by atoms with Gasteiger partial charge in [-0.2, -0.15) is 0 Å². The first-order valence-corrected chi connectivity index (χ1v) is 8.08. The minimum atomic E-state index is 0.315. The van der Waals surface area contributed by atoms with Crippen molar-refractivity contribution in [3.63, 3.8) is 0 Å². The van der Waals surface area contributed by atoms with E-state index in [0.29, 0.717) is 11.2 Å². The van der Waals surface area contributed by atoms with Gasteiger partial charge in [-0.3, -0.25) is 4.90 Å². The maximum absolute atomic E-state index is 5.92. The Bertz CT molecular complexity index is 605. The molecule has 2 aromatic rings. The second-order valence-electron chi connectivity index (χ2n) is 5.96. The number of anilines is 1. The molecule has 5 heteroatoms. The highest BCUT2D eigenvalue weighted by Gasteiger charge is 2.21. The average molecular weight is 317 g/mol. The normalized spacial score (nSPS) is 19.9. The number of nitrogens with zero attached hydrogens (tertiary/aromatic N) is 4. The summed E-state index contributed by atoms with van der Waals surface area (Å²) in [6, 6.07) is 12.6. The Balaban J connectivity index is 1.67. The predicted octanol–water partition coefficient (Wildman–Crippen LogP) is 3.09. The lowest BCUT2D eigenvalue weighted by Crippen LogP contribution is -2.31. The second kappa shape index (κ2) is 7.07. The van der Waals surface area contributed by atoms with E-state index in [1.807, 2.05) is 6.07 Å². The van der Waals surface area contributed by atoms with Gasteiger partial charge < -0.3 is 4.90 Å². The lowest BCUT2D eigenvalue weighted by Gasteiger charge is -2.23. The van der Waals surface area contributed by atoms with Crippen LogP contribution in [0.5, 0.6) is 0 Å². The quantitative estimate of drug-likeness (QED) is 0.815. The molecule has 1 unspecified atom stereocenters. The first-order chi connectivity index (χ1) is 10.7. The van der Waals surface area contributed by atoms with Crippen molar-refractivity contribution in [2.45, 2.75) is 13.5 Å². The summed E-state index contributed by atoms with van der Waals surface area (Å²) >= 11 is 5.92. The van der Waals surface area contributed by atoms with Gasteiger partial charge in [-0.15, -0.1) is 0 Å². The molecule has 0 N–H and O–H groups in total. The van der Waals surface area contributed by atoms with Crippen LogP contribution in [0.2, 0.25) is 5.28 Å². The lowest BCUT2D eigenvalue weighted by atomic mass is 10.1. The van der Waals surface area contributed by atoms with Crippen LogP contribution in [0.25, 0.3) is 0 Å². The van der Waals surface area contributed by atoms with Gasteiger partial charge in [0.25, 0.3) is 0 Å². The van der Waals surface area contributed by atoms with Crippen molar-refractivity contribution in [2.24, 2.45) is 5.92 Å². The first-order valence-electron chi connectivity index (χ1n) is 7.70. The molecule has 4 nitrogen and oxygen atoms in total. The Hall–Kier alpha value is -1.65. The molecule has 0 saturated carbocycles. The molecule has 1 aromatic heterocycles. The molecule has 0 bridgehead atoms. The van der Waals surface area contributed by atoms with Gasteiger partial charge in [0.2, 0.25) is 5.28 Å². The molecule has 1 aliphatic rings. The van der Waals surface area contributed by atoms with Crippen LogP contribution in [-0.2, 0) is 6.54 Å². The van der Waals surface area contributed by atoms with Gasteiger partial charge >= 0.3 is 0 Å². The predicted molar refractivity (Wildman–Crippen MR) is 90.1 cm³/mol. The minimum absolute atomic E-state index is 0.315. The standard InChI is InChI=1S/C17H21ClN4/c1-14-11-21(13-15-5-3-2-4-6-15)9-10-22(12-14)16-7-8-19-17(18)20-16/h2-8,14H,9-13H2,1H3. The molecule has 3 rings (SSSR count). The Morgan fingerprint density at radius 1 is 1.14 bits per heavy atom. The molecule has 22 heavy (non-hydrogen) atoms. The van der Waals surface area contributed by atoms with Crippen molar-refractivity contribution < 1.29 is 0 Å². The highest BCUT2D eigenvalue weighted by Crippen LogP contribution is 2.18. The van der Waals surface area contributed by atoms with Crippen molar-refractivity contribution in [1.29, 1.82) is 0 Å². The molecule has 116 valence electrons. The Labute approximate surface area is 136 Å². The average Bonchev–Trinajstić information content (AvgIpc) is 2.70. The van der Waals surface area contributed by atoms with E-state index in [1.165, 1.54) is 5.56 Å². The van der Waals surface area contributed by atoms with Gasteiger partial charge in [-0.25, -0.2) is 9.97 Å².